The molecule has 1 rings (SSSR count). The van der Waals surface area contributed by atoms with Crippen molar-refractivity contribution in [2.24, 2.45) is 0 Å². The summed E-state index contributed by atoms with van der Waals surface area (Å²) >= 11 is 4.42. The molecule has 0 radical (unpaired) electrons. The minimum atomic E-state index is -4.43. The van der Waals surface area contributed by atoms with Crippen LogP contribution >= 0.6 is 0 Å². The van der Waals surface area contributed by atoms with Crippen molar-refractivity contribution < 1.29 is 42.7 Å². The van der Waals surface area contributed by atoms with Gasteiger partial charge in [0, 0.05) is 6.20 Å². The number of rotatable bonds is 0. The second-order valence-corrected chi connectivity index (χ2v) is 2.29. The molecule has 1 nitrogen and oxygen atoms in total. The minimum Gasteiger partial charge on any atom is -0.778 e. The Labute approximate surface area is 95.1 Å². The number of alkyl halides is 3. The predicted octanol–water partition coefficient (Wildman–Crippen LogP) is -0.990. The molecule has 0 unspecified atom stereocenters. The van der Waals surface area contributed by atoms with Crippen molar-refractivity contribution >= 4 is 12.6 Å². The summed E-state index contributed by atoms with van der Waals surface area (Å²) in [6.45, 7) is 0. The second kappa shape index (κ2) is 4.41. The van der Waals surface area contributed by atoms with Crippen LogP contribution in [0, 0.1) is 0 Å². The summed E-state index contributed by atoms with van der Waals surface area (Å²) < 4.78 is 35.8. The first-order valence-corrected chi connectivity index (χ1v) is 3.12. The van der Waals surface area contributed by atoms with Gasteiger partial charge in [-0.25, -0.2) is 0 Å². The zero-order valence-corrected chi connectivity index (χ0v) is 9.04. The molecule has 0 aliphatic heterocycles. The maximum atomic E-state index is 11.9. The molecule has 0 bridgehead atoms. The van der Waals surface area contributed by atoms with Crippen molar-refractivity contribution in [2.75, 3.05) is 0 Å². The van der Waals surface area contributed by atoms with E-state index in [4.69, 9.17) is 0 Å². The Morgan fingerprint density at radius 2 is 1.92 bits per heavy atom. The van der Waals surface area contributed by atoms with E-state index in [-0.39, 0.29) is 34.5 Å². The molecule has 6 heteroatoms. The smallest absolute Gasteiger partial charge is 0.778 e. The number of pyridine rings is 1. The van der Waals surface area contributed by atoms with E-state index in [1.807, 2.05) is 0 Å². The summed E-state index contributed by atoms with van der Waals surface area (Å²) in [4.78, 5) is 2.86. The van der Waals surface area contributed by atoms with E-state index in [0.29, 0.717) is 0 Å². The Morgan fingerprint density at radius 1 is 1.33 bits per heavy atom. The van der Waals surface area contributed by atoms with Crippen LogP contribution in [-0.4, -0.2) is 4.98 Å². The SMILES string of the molecule is FC(F)(F)c1ncccc1[S-].[Na+]. The summed E-state index contributed by atoms with van der Waals surface area (Å²) in [5, 5.41) is 0. The van der Waals surface area contributed by atoms with E-state index in [0.717, 1.165) is 6.20 Å². The molecule has 1 aromatic heterocycles. The summed E-state index contributed by atoms with van der Waals surface area (Å²) in [5.41, 5.74) is -0.991. The molecule has 0 aliphatic rings. The Morgan fingerprint density at radius 3 is 2.25 bits per heavy atom. The van der Waals surface area contributed by atoms with Crippen LogP contribution in [0.25, 0.3) is 0 Å². The van der Waals surface area contributed by atoms with Gasteiger partial charge in [-0.15, -0.1) is 4.90 Å². The first-order valence-electron chi connectivity index (χ1n) is 2.71. The largest absolute Gasteiger partial charge is 1.00 e. The fourth-order valence-corrected chi connectivity index (χ4v) is 0.850. The van der Waals surface area contributed by atoms with Crippen LogP contribution < -0.4 is 29.6 Å². The van der Waals surface area contributed by atoms with Gasteiger partial charge in [0.1, 0.15) is 5.69 Å². The molecule has 1 heterocycles. The standard InChI is InChI=1S/C6H4F3NS.Na/c7-6(8,9)5-4(11)2-1-3-10-5;/h1-3,11H;/q;+1/p-1. The van der Waals surface area contributed by atoms with E-state index in [2.05, 4.69) is 17.6 Å². The van der Waals surface area contributed by atoms with E-state index >= 15 is 0 Å². The maximum Gasteiger partial charge on any atom is 1.00 e. The van der Waals surface area contributed by atoms with E-state index in [1.165, 1.54) is 12.1 Å². The normalized spacial score (nSPS) is 10.6. The van der Waals surface area contributed by atoms with E-state index in [9.17, 15) is 13.2 Å². The molecule has 0 saturated carbocycles. The Hall–Kier alpha value is 0.160. The fourth-order valence-electron chi connectivity index (χ4n) is 0.603. The van der Waals surface area contributed by atoms with Crippen LogP contribution in [0.5, 0.6) is 0 Å². The zero-order chi connectivity index (χ0) is 8.48. The van der Waals surface area contributed by atoms with Crippen LogP contribution in [0.2, 0.25) is 0 Å². The average molecular weight is 201 g/mol. The third-order valence-corrected chi connectivity index (χ3v) is 1.37. The number of nitrogens with zero attached hydrogens (tertiary/aromatic N) is 1. The van der Waals surface area contributed by atoms with Gasteiger partial charge < -0.3 is 12.6 Å². The molecule has 0 aromatic carbocycles. The van der Waals surface area contributed by atoms with Crippen LogP contribution in [0.1, 0.15) is 5.69 Å². The first-order chi connectivity index (χ1) is 5.02. The molecular formula is C6H3F3NNaS. The predicted molar refractivity (Wildman–Crippen MR) is 34.9 cm³/mol. The molecule has 60 valence electrons. The Kier molecular flexibility index (Phi) is 4.47. The van der Waals surface area contributed by atoms with Gasteiger partial charge in [0.05, 0.1) is 0 Å². The van der Waals surface area contributed by atoms with Crippen molar-refractivity contribution in [1.82, 2.24) is 4.98 Å². The van der Waals surface area contributed by atoms with Gasteiger partial charge >= 0.3 is 35.7 Å². The molecule has 0 saturated heterocycles. The number of hydrogen-bond acceptors (Lipinski definition) is 2. The van der Waals surface area contributed by atoms with Crippen LogP contribution in [0.4, 0.5) is 13.2 Å². The fraction of sp³-hybridized carbons (Fsp3) is 0.167. The minimum absolute atomic E-state index is 0. The van der Waals surface area contributed by atoms with Crippen LogP contribution in [0.3, 0.4) is 0 Å². The molecule has 0 aliphatic carbocycles. The summed E-state index contributed by atoms with van der Waals surface area (Å²) in [5.74, 6) is 0. The van der Waals surface area contributed by atoms with Gasteiger partial charge in [0.15, 0.2) is 0 Å². The third-order valence-electron chi connectivity index (χ3n) is 1.04. The third kappa shape index (κ3) is 2.90. The van der Waals surface area contributed by atoms with Gasteiger partial charge in [0.25, 0.3) is 0 Å². The van der Waals surface area contributed by atoms with Crippen molar-refractivity contribution in [2.45, 2.75) is 11.1 Å². The molecular weight excluding hydrogens is 198 g/mol. The molecule has 1 aromatic rings. The number of aromatic nitrogens is 1. The van der Waals surface area contributed by atoms with Gasteiger partial charge in [-0.05, 0) is 6.07 Å². The van der Waals surface area contributed by atoms with Crippen molar-refractivity contribution in [3.8, 4) is 0 Å². The Bertz CT molecular complexity index is 263. The van der Waals surface area contributed by atoms with Gasteiger partial charge in [-0.3, -0.25) is 4.98 Å². The van der Waals surface area contributed by atoms with Crippen molar-refractivity contribution in [1.29, 1.82) is 0 Å². The molecule has 0 amide bonds. The number of hydrogen-bond donors (Lipinski definition) is 0. The van der Waals surface area contributed by atoms with Gasteiger partial charge in [-0.1, -0.05) is 6.07 Å². The topological polar surface area (TPSA) is 12.9 Å². The quantitative estimate of drug-likeness (QED) is 0.395. The van der Waals surface area contributed by atoms with Crippen molar-refractivity contribution in [3.63, 3.8) is 0 Å². The van der Waals surface area contributed by atoms with Crippen molar-refractivity contribution in [3.05, 3.63) is 24.0 Å². The van der Waals surface area contributed by atoms with Crippen LogP contribution in [-0.2, 0) is 18.8 Å². The summed E-state index contributed by atoms with van der Waals surface area (Å²) in [6.07, 6.45) is -3.36. The first kappa shape index (κ1) is 12.2. The molecule has 12 heavy (non-hydrogen) atoms. The maximum absolute atomic E-state index is 11.9. The summed E-state index contributed by atoms with van der Waals surface area (Å²) in [7, 11) is 0. The molecule has 0 atom stereocenters. The van der Waals surface area contributed by atoms with E-state index in [1.54, 1.807) is 0 Å². The molecule has 0 spiro atoms. The zero-order valence-electron chi connectivity index (χ0n) is 6.22. The monoisotopic (exact) mass is 201 g/mol. The van der Waals surface area contributed by atoms with Crippen LogP contribution in [0.15, 0.2) is 23.2 Å². The second-order valence-electron chi connectivity index (χ2n) is 1.85. The average Bonchev–Trinajstić information content (AvgIpc) is 1.86. The molecule has 0 fully saturated rings. The number of halogens is 3. The van der Waals surface area contributed by atoms with E-state index < -0.39 is 11.9 Å². The van der Waals surface area contributed by atoms with Gasteiger partial charge in [-0.2, -0.15) is 13.2 Å². The Balaban J connectivity index is 0.00000121. The molecule has 0 N–H and O–H groups in total. The summed E-state index contributed by atoms with van der Waals surface area (Å²) in [6, 6.07) is 2.57. The van der Waals surface area contributed by atoms with Gasteiger partial charge in [0.2, 0.25) is 0 Å².